The molecule has 0 aromatic rings. The van der Waals surface area contributed by atoms with E-state index < -0.39 is 4.92 Å². The third-order valence-corrected chi connectivity index (χ3v) is 0.344. The van der Waals surface area contributed by atoms with Gasteiger partial charge in [-0.15, -0.1) is 0 Å². The third-order valence-electron chi connectivity index (χ3n) is 0.344. The molecule has 0 fully saturated rings. The van der Waals surface area contributed by atoms with Gasteiger partial charge in [0.25, 0.3) is 0 Å². The SMILES string of the molecule is C=C/C=C/[N+](=O)[O-]. The third kappa shape index (κ3) is 4.88. The van der Waals surface area contributed by atoms with Gasteiger partial charge in [0.1, 0.15) is 0 Å². The zero-order valence-electron chi connectivity index (χ0n) is 3.70. The van der Waals surface area contributed by atoms with Crippen LogP contribution in [-0.4, -0.2) is 4.92 Å². The number of hydrogen-bond donors (Lipinski definition) is 0. The Morgan fingerprint density at radius 3 is 2.43 bits per heavy atom. The summed E-state index contributed by atoms with van der Waals surface area (Å²) in [5.74, 6) is 0. The first-order valence-electron chi connectivity index (χ1n) is 1.70. The highest BCUT2D eigenvalue weighted by Crippen LogP contribution is 1.71. The van der Waals surface area contributed by atoms with Gasteiger partial charge in [0.2, 0.25) is 6.20 Å². The van der Waals surface area contributed by atoms with Gasteiger partial charge in [-0.3, -0.25) is 10.1 Å². The molecule has 0 heterocycles. The smallest absolute Gasteiger partial charge is 0.234 e. The van der Waals surface area contributed by atoms with Crippen molar-refractivity contribution in [2.75, 3.05) is 0 Å². The van der Waals surface area contributed by atoms with E-state index in [4.69, 9.17) is 0 Å². The fraction of sp³-hybridized carbons (Fsp3) is 0. The molecule has 3 nitrogen and oxygen atoms in total. The Bertz CT molecular complexity index is 106. The van der Waals surface area contributed by atoms with E-state index in [1.807, 2.05) is 0 Å². The van der Waals surface area contributed by atoms with Gasteiger partial charge in [-0.2, -0.15) is 0 Å². The van der Waals surface area contributed by atoms with Crippen LogP contribution in [0.1, 0.15) is 0 Å². The van der Waals surface area contributed by atoms with Crippen LogP contribution in [0.5, 0.6) is 0 Å². The van der Waals surface area contributed by atoms with Crippen LogP contribution in [0.2, 0.25) is 0 Å². The monoisotopic (exact) mass is 99.0 g/mol. The Balaban J connectivity index is 3.46. The molecule has 0 saturated carbocycles. The maximum atomic E-state index is 9.43. The molecule has 7 heavy (non-hydrogen) atoms. The van der Waals surface area contributed by atoms with E-state index in [9.17, 15) is 10.1 Å². The van der Waals surface area contributed by atoms with Crippen LogP contribution in [0.4, 0.5) is 0 Å². The summed E-state index contributed by atoms with van der Waals surface area (Å²) in [5, 5.41) is 9.43. The summed E-state index contributed by atoms with van der Waals surface area (Å²) >= 11 is 0. The predicted octanol–water partition coefficient (Wildman–Crippen LogP) is 0.963. The topological polar surface area (TPSA) is 43.1 Å². The molecular formula is C4H5NO2. The molecular weight excluding hydrogens is 94.0 g/mol. The lowest BCUT2D eigenvalue weighted by atomic mass is 10.6. The minimum Gasteiger partial charge on any atom is -0.259 e. The lowest BCUT2D eigenvalue weighted by Gasteiger charge is -1.70. The molecule has 0 aliphatic rings. The molecule has 0 rings (SSSR count). The van der Waals surface area contributed by atoms with Crippen molar-refractivity contribution in [3.05, 3.63) is 35.0 Å². The molecule has 0 aliphatic carbocycles. The van der Waals surface area contributed by atoms with Crippen LogP contribution in [-0.2, 0) is 0 Å². The fourth-order valence-electron chi connectivity index (χ4n) is 0.131. The highest BCUT2D eigenvalue weighted by Gasteiger charge is 1.75. The molecule has 0 amide bonds. The molecule has 0 spiro atoms. The Hall–Kier alpha value is -1.12. The molecule has 0 radical (unpaired) electrons. The number of nitro groups is 1. The number of hydrogen-bond acceptors (Lipinski definition) is 2. The zero-order valence-corrected chi connectivity index (χ0v) is 3.70. The highest BCUT2D eigenvalue weighted by atomic mass is 16.6. The maximum Gasteiger partial charge on any atom is 0.234 e. The average Bonchev–Trinajstić information content (AvgIpc) is 1.61. The van der Waals surface area contributed by atoms with Crippen LogP contribution < -0.4 is 0 Å². The first kappa shape index (κ1) is 5.88. The summed E-state index contributed by atoms with van der Waals surface area (Å²) in [6, 6.07) is 0. The van der Waals surface area contributed by atoms with E-state index in [2.05, 4.69) is 6.58 Å². The lowest BCUT2D eigenvalue weighted by molar-refractivity contribution is -0.402. The van der Waals surface area contributed by atoms with Crippen molar-refractivity contribution >= 4 is 0 Å². The first-order valence-corrected chi connectivity index (χ1v) is 1.70. The largest absolute Gasteiger partial charge is 0.259 e. The van der Waals surface area contributed by atoms with Gasteiger partial charge in [0.15, 0.2) is 0 Å². The van der Waals surface area contributed by atoms with Crippen molar-refractivity contribution in [1.29, 1.82) is 0 Å². The van der Waals surface area contributed by atoms with Crippen LogP contribution in [0.3, 0.4) is 0 Å². The van der Waals surface area contributed by atoms with Crippen LogP contribution >= 0.6 is 0 Å². The Labute approximate surface area is 41.1 Å². The van der Waals surface area contributed by atoms with Gasteiger partial charge < -0.3 is 0 Å². The molecule has 0 aromatic heterocycles. The van der Waals surface area contributed by atoms with E-state index in [-0.39, 0.29) is 0 Å². The van der Waals surface area contributed by atoms with Crippen molar-refractivity contribution in [2.45, 2.75) is 0 Å². The summed E-state index contributed by atoms with van der Waals surface area (Å²) in [6.07, 6.45) is 3.44. The molecule has 0 saturated heterocycles. The zero-order chi connectivity index (χ0) is 5.70. The van der Waals surface area contributed by atoms with Gasteiger partial charge in [-0.05, 0) is 0 Å². The Morgan fingerprint density at radius 1 is 1.71 bits per heavy atom. The van der Waals surface area contributed by atoms with E-state index >= 15 is 0 Å². The van der Waals surface area contributed by atoms with Gasteiger partial charge in [0.05, 0.1) is 4.92 Å². The van der Waals surface area contributed by atoms with Crippen molar-refractivity contribution in [3.8, 4) is 0 Å². The molecule has 0 aromatic carbocycles. The van der Waals surface area contributed by atoms with Gasteiger partial charge >= 0.3 is 0 Å². The number of allylic oxidation sites excluding steroid dienone is 2. The van der Waals surface area contributed by atoms with Gasteiger partial charge in [-0.25, -0.2) is 0 Å². The van der Waals surface area contributed by atoms with Crippen molar-refractivity contribution < 1.29 is 4.92 Å². The Kier molecular flexibility index (Phi) is 2.59. The van der Waals surface area contributed by atoms with E-state index in [1.54, 1.807) is 0 Å². The van der Waals surface area contributed by atoms with Crippen molar-refractivity contribution in [1.82, 2.24) is 0 Å². The van der Waals surface area contributed by atoms with Gasteiger partial charge in [0, 0.05) is 6.08 Å². The fourth-order valence-corrected chi connectivity index (χ4v) is 0.131. The minimum atomic E-state index is -0.540. The standard InChI is InChI=1S/C4H5NO2/c1-2-3-4-5(6)7/h2-4H,1H2/b4-3+. The van der Waals surface area contributed by atoms with Crippen molar-refractivity contribution in [3.63, 3.8) is 0 Å². The predicted molar refractivity (Wildman–Crippen MR) is 26.3 cm³/mol. The second-order valence-corrected chi connectivity index (χ2v) is 0.863. The van der Waals surface area contributed by atoms with Crippen molar-refractivity contribution in [2.24, 2.45) is 0 Å². The molecule has 0 unspecified atom stereocenters. The summed E-state index contributed by atoms with van der Waals surface area (Å²) in [6.45, 7) is 3.24. The van der Waals surface area contributed by atoms with Crippen LogP contribution in [0.25, 0.3) is 0 Å². The van der Waals surface area contributed by atoms with E-state index in [0.29, 0.717) is 0 Å². The first-order chi connectivity index (χ1) is 3.27. The van der Waals surface area contributed by atoms with Crippen LogP contribution in [0.15, 0.2) is 24.9 Å². The summed E-state index contributed by atoms with van der Waals surface area (Å²) in [5.41, 5.74) is 0. The lowest BCUT2D eigenvalue weighted by Crippen LogP contribution is -1.79. The maximum absolute atomic E-state index is 9.43. The quantitative estimate of drug-likeness (QED) is 0.294. The summed E-state index contributed by atoms with van der Waals surface area (Å²) in [4.78, 5) is 8.89. The number of nitrogens with zero attached hydrogens (tertiary/aromatic N) is 1. The van der Waals surface area contributed by atoms with Crippen LogP contribution in [0, 0.1) is 10.1 Å². The molecule has 0 N–H and O–H groups in total. The summed E-state index contributed by atoms with van der Waals surface area (Å²) in [7, 11) is 0. The second kappa shape index (κ2) is 3.08. The molecule has 0 aliphatic heterocycles. The molecule has 0 bridgehead atoms. The van der Waals surface area contributed by atoms with E-state index in [1.165, 1.54) is 12.2 Å². The highest BCUT2D eigenvalue weighted by molar-refractivity contribution is 4.92. The number of rotatable bonds is 2. The van der Waals surface area contributed by atoms with Gasteiger partial charge in [-0.1, -0.05) is 12.7 Å². The van der Waals surface area contributed by atoms with E-state index in [0.717, 1.165) is 6.20 Å². The normalized spacial score (nSPS) is 9.14. The molecule has 0 atom stereocenters. The second-order valence-electron chi connectivity index (χ2n) is 0.863. The average molecular weight is 99.1 g/mol. The summed E-state index contributed by atoms with van der Waals surface area (Å²) < 4.78 is 0. The molecule has 38 valence electrons. The minimum absolute atomic E-state index is 0.540. The Morgan fingerprint density at radius 2 is 2.29 bits per heavy atom. The molecule has 3 heteroatoms.